The highest BCUT2D eigenvalue weighted by Gasteiger charge is 2.23. The van der Waals surface area contributed by atoms with E-state index in [1.807, 2.05) is 6.07 Å². The average Bonchev–Trinajstić information content (AvgIpc) is 2.70. The summed E-state index contributed by atoms with van der Waals surface area (Å²) in [7, 11) is 2.11. The monoisotopic (exact) mass is 289 g/mol. The van der Waals surface area contributed by atoms with E-state index in [4.69, 9.17) is 4.98 Å². The topological polar surface area (TPSA) is 56.7 Å². The molecule has 1 saturated heterocycles. The largest absolute Gasteiger partial charge is 0.478 e. The lowest BCUT2D eigenvalue weighted by Crippen LogP contribution is -2.31. The molecule has 114 valence electrons. The predicted molar refractivity (Wildman–Crippen MR) is 82.2 cm³/mol. The van der Waals surface area contributed by atoms with Crippen molar-refractivity contribution in [2.75, 3.05) is 38.1 Å². The van der Waals surface area contributed by atoms with Gasteiger partial charge in [-0.2, -0.15) is 0 Å². The Balaban J connectivity index is 1.97. The molecule has 1 aliphatic carbocycles. The van der Waals surface area contributed by atoms with E-state index in [-0.39, 0.29) is 0 Å². The maximum Gasteiger partial charge on any atom is 0.339 e. The van der Waals surface area contributed by atoms with E-state index < -0.39 is 5.97 Å². The fourth-order valence-electron chi connectivity index (χ4n) is 3.28. The minimum absolute atomic E-state index is 0.375. The van der Waals surface area contributed by atoms with Crippen LogP contribution in [0.4, 0.5) is 5.82 Å². The van der Waals surface area contributed by atoms with Crippen molar-refractivity contribution < 1.29 is 9.90 Å². The Kier molecular flexibility index (Phi) is 4.10. The molecular weight excluding hydrogens is 266 g/mol. The lowest BCUT2D eigenvalue weighted by Gasteiger charge is -2.26. The molecule has 1 N–H and O–H groups in total. The molecule has 1 fully saturated rings. The van der Waals surface area contributed by atoms with Crippen LogP contribution < -0.4 is 4.90 Å². The van der Waals surface area contributed by atoms with E-state index in [0.29, 0.717) is 11.4 Å². The number of aromatic nitrogens is 1. The number of rotatable bonds is 2. The van der Waals surface area contributed by atoms with Crippen molar-refractivity contribution in [1.82, 2.24) is 9.88 Å². The van der Waals surface area contributed by atoms with Gasteiger partial charge < -0.3 is 14.9 Å². The number of aromatic carboxylic acids is 1. The van der Waals surface area contributed by atoms with Gasteiger partial charge in [0.15, 0.2) is 0 Å². The first-order valence-electron chi connectivity index (χ1n) is 7.85. The van der Waals surface area contributed by atoms with Crippen LogP contribution in [-0.2, 0) is 12.8 Å². The van der Waals surface area contributed by atoms with Crippen molar-refractivity contribution in [2.24, 2.45) is 0 Å². The van der Waals surface area contributed by atoms with Crippen molar-refractivity contribution in [2.45, 2.75) is 32.1 Å². The highest BCUT2D eigenvalue weighted by atomic mass is 16.4. The number of likely N-dealkylation sites (N-methyl/N-ethyl adjacent to an activating group) is 1. The van der Waals surface area contributed by atoms with Crippen LogP contribution in [-0.4, -0.2) is 54.2 Å². The van der Waals surface area contributed by atoms with Gasteiger partial charge >= 0.3 is 5.97 Å². The normalized spacial score (nSPS) is 20.0. The summed E-state index contributed by atoms with van der Waals surface area (Å²) in [5.74, 6) is -0.179. The molecule has 1 aliphatic heterocycles. The van der Waals surface area contributed by atoms with E-state index in [9.17, 15) is 9.90 Å². The SMILES string of the molecule is CN1CCCN(c2nc3c(cc2C(=O)O)CCCC3)CC1. The Hall–Kier alpha value is -1.62. The van der Waals surface area contributed by atoms with Crippen LogP contribution in [0, 0.1) is 0 Å². The molecule has 0 bridgehead atoms. The minimum Gasteiger partial charge on any atom is -0.478 e. The number of aryl methyl sites for hydroxylation is 2. The number of hydrogen-bond acceptors (Lipinski definition) is 4. The Morgan fingerprint density at radius 1 is 1.14 bits per heavy atom. The van der Waals surface area contributed by atoms with Gasteiger partial charge in [-0.05, 0) is 57.3 Å². The number of hydrogen-bond donors (Lipinski definition) is 1. The lowest BCUT2D eigenvalue weighted by molar-refractivity contribution is 0.0697. The fourth-order valence-corrected chi connectivity index (χ4v) is 3.28. The Bertz CT molecular complexity index is 545. The average molecular weight is 289 g/mol. The molecule has 1 aromatic rings. The van der Waals surface area contributed by atoms with Crippen LogP contribution in [0.15, 0.2) is 6.07 Å². The molecule has 21 heavy (non-hydrogen) atoms. The van der Waals surface area contributed by atoms with Gasteiger partial charge in [0.25, 0.3) is 0 Å². The Morgan fingerprint density at radius 3 is 2.76 bits per heavy atom. The summed E-state index contributed by atoms with van der Waals surface area (Å²) < 4.78 is 0. The predicted octanol–water partition coefficient (Wildman–Crippen LogP) is 1.80. The molecule has 2 aliphatic rings. The number of anilines is 1. The van der Waals surface area contributed by atoms with Gasteiger partial charge in [-0.15, -0.1) is 0 Å². The Morgan fingerprint density at radius 2 is 1.95 bits per heavy atom. The van der Waals surface area contributed by atoms with Gasteiger partial charge in [0.05, 0.1) is 0 Å². The number of carboxylic acid groups (broad SMARTS) is 1. The number of carbonyl (C=O) groups is 1. The zero-order chi connectivity index (χ0) is 14.8. The standard InChI is InChI=1S/C16H23N3O2/c1-18-7-4-8-19(10-9-18)15-13(16(20)21)11-12-5-2-3-6-14(12)17-15/h11H,2-10H2,1H3,(H,20,21). The second-order valence-electron chi connectivity index (χ2n) is 6.12. The van der Waals surface area contributed by atoms with Crippen molar-refractivity contribution in [3.63, 3.8) is 0 Å². The third-order valence-corrected chi connectivity index (χ3v) is 4.53. The molecule has 0 unspecified atom stereocenters. The van der Waals surface area contributed by atoms with E-state index in [2.05, 4.69) is 16.8 Å². The number of carboxylic acids is 1. The zero-order valence-corrected chi connectivity index (χ0v) is 12.6. The number of nitrogens with zero attached hydrogens (tertiary/aromatic N) is 3. The van der Waals surface area contributed by atoms with E-state index in [1.165, 1.54) is 0 Å². The van der Waals surface area contributed by atoms with Crippen LogP contribution in [0.5, 0.6) is 0 Å². The van der Waals surface area contributed by atoms with Crippen molar-refractivity contribution in [3.05, 3.63) is 22.9 Å². The lowest BCUT2D eigenvalue weighted by atomic mass is 9.94. The molecule has 3 rings (SSSR count). The maximum atomic E-state index is 11.6. The third kappa shape index (κ3) is 3.02. The molecule has 0 saturated carbocycles. The zero-order valence-electron chi connectivity index (χ0n) is 12.6. The van der Waals surface area contributed by atoms with E-state index in [0.717, 1.165) is 69.5 Å². The third-order valence-electron chi connectivity index (χ3n) is 4.53. The molecule has 0 atom stereocenters. The number of pyridine rings is 1. The molecule has 0 amide bonds. The van der Waals surface area contributed by atoms with Gasteiger partial charge in [0, 0.05) is 25.3 Å². The van der Waals surface area contributed by atoms with Gasteiger partial charge in [-0.3, -0.25) is 0 Å². The Labute approximate surface area is 125 Å². The van der Waals surface area contributed by atoms with E-state index in [1.54, 1.807) is 0 Å². The van der Waals surface area contributed by atoms with Crippen molar-refractivity contribution in [3.8, 4) is 0 Å². The van der Waals surface area contributed by atoms with Crippen molar-refractivity contribution in [1.29, 1.82) is 0 Å². The summed E-state index contributed by atoms with van der Waals surface area (Å²) in [6.07, 6.45) is 5.30. The van der Waals surface area contributed by atoms with Crippen LogP contribution in [0.1, 0.15) is 40.9 Å². The fraction of sp³-hybridized carbons (Fsp3) is 0.625. The van der Waals surface area contributed by atoms with E-state index >= 15 is 0 Å². The summed E-state index contributed by atoms with van der Waals surface area (Å²) in [5.41, 5.74) is 2.62. The molecule has 1 aromatic heterocycles. The minimum atomic E-state index is -0.858. The highest BCUT2D eigenvalue weighted by molar-refractivity contribution is 5.93. The summed E-state index contributed by atoms with van der Waals surface area (Å²) in [6, 6.07) is 1.87. The molecule has 0 aromatic carbocycles. The second kappa shape index (κ2) is 6.02. The molecule has 5 nitrogen and oxygen atoms in total. The van der Waals surface area contributed by atoms with Gasteiger partial charge in [-0.1, -0.05) is 0 Å². The van der Waals surface area contributed by atoms with Crippen LogP contribution in [0.3, 0.4) is 0 Å². The first-order valence-corrected chi connectivity index (χ1v) is 7.85. The highest BCUT2D eigenvalue weighted by Crippen LogP contribution is 2.27. The first kappa shape index (κ1) is 14.3. The van der Waals surface area contributed by atoms with Gasteiger partial charge in [0.2, 0.25) is 0 Å². The first-order chi connectivity index (χ1) is 10.1. The summed E-state index contributed by atoms with van der Waals surface area (Å²) in [6.45, 7) is 3.75. The molecular formula is C16H23N3O2. The van der Waals surface area contributed by atoms with Crippen LogP contribution >= 0.6 is 0 Å². The summed E-state index contributed by atoms with van der Waals surface area (Å²) >= 11 is 0. The molecule has 0 radical (unpaired) electrons. The van der Waals surface area contributed by atoms with Crippen LogP contribution in [0.25, 0.3) is 0 Å². The van der Waals surface area contributed by atoms with Gasteiger partial charge in [0.1, 0.15) is 11.4 Å². The maximum absolute atomic E-state index is 11.6. The van der Waals surface area contributed by atoms with Crippen molar-refractivity contribution >= 4 is 11.8 Å². The number of fused-ring (bicyclic) bond motifs is 1. The van der Waals surface area contributed by atoms with Gasteiger partial charge in [-0.25, -0.2) is 9.78 Å². The quantitative estimate of drug-likeness (QED) is 0.899. The molecule has 2 heterocycles. The molecule has 5 heteroatoms. The van der Waals surface area contributed by atoms with Crippen LogP contribution in [0.2, 0.25) is 0 Å². The molecule has 0 spiro atoms. The summed E-state index contributed by atoms with van der Waals surface area (Å²) in [4.78, 5) is 20.8. The summed E-state index contributed by atoms with van der Waals surface area (Å²) in [5, 5.41) is 9.54. The second-order valence-corrected chi connectivity index (χ2v) is 6.12. The smallest absolute Gasteiger partial charge is 0.339 e.